The minimum Gasteiger partial charge on any atom is -0.300 e. The largest absolute Gasteiger partial charge is 0.300 e. The topological polar surface area (TPSA) is 87.2 Å². The molecule has 0 unspecified atom stereocenters. The van der Waals surface area contributed by atoms with E-state index in [0.717, 1.165) is 25.9 Å². The van der Waals surface area contributed by atoms with Crippen LogP contribution < -0.4 is 10.1 Å². The summed E-state index contributed by atoms with van der Waals surface area (Å²) in [5, 5.41) is 2.06. The number of piperidine rings is 1. The Morgan fingerprint density at radius 2 is 1.37 bits per heavy atom. The van der Waals surface area contributed by atoms with E-state index in [4.69, 9.17) is 0 Å². The SMILES string of the molecule is O=S(=O)(Nc1nc2ccccc2nc1NN1CCCCC1)c1ccccc1. The summed E-state index contributed by atoms with van der Waals surface area (Å²) in [6.07, 6.45) is 3.40. The van der Waals surface area contributed by atoms with Crippen LogP contribution in [0.25, 0.3) is 11.0 Å². The van der Waals surface area contributed by atoms with Crippen molar-refractivity contribution >= 4 is 32.7 Å². The van der Waals surface area contributed by atoms with E-state index < -0.39 is 10.0 Å². The Kier molecular flexibility index (Phi) is 4.91. The summed E-state index contributed by atoms with van der Waals surface area (Å²) in [6, 6.07) is 15.7. The number of para-hydroxylation sites is 2. The number of hydrogen-bond acceptors (Lipinski definition) is 6. The molecule has 0 aliphatic carbocycles. The van der Waals surface area contributed by atoms with Crippen LogP contribution in [0.15, 0.2) is 59.5 Å². The molecule has 7 nitrogen and oxygen atoms in total. The van der Waals surface area contributed by atoms with Crippen LogP contribution in [0.1, 0.15) is 19.3 Å². The van der Waals surface area contributed by atoms with Crippen molar-refractivity contribution in [1.82, 2.24) is 15.0 Å². The molecule has 0 atom stereocenters. The minimum atomic E-state index is -3.76. The van der Waals surface area contributed by atoms with E-state index in [-0.39, 0.29) is 10.7 Å². The molecular weight excluding hydrogens is 362 g/mol. The van der Waals surface area contributed by atoms with Gasteiger partial charge in [-0.1, -0.05) is 36.8 Å². The minimum absolute atomic E-state index is 0.184. The number of nitrogens with zero attached hydrogens (tertiary/aromatic N) is 3. The van der Waals surface area contributed by atoms with Gasteiger partial charge in [-0.25, -0.2) is 23.4 Å². The molecule has 27 heavy (non-hydrogen) atoms. The molecule has 3 aromatic rings. The maximum Gasteiger partial charge on any atom is 0.263 e. The van der Waals surface area contributed by atoms with Gasteiger partial charge in [-0.05, 0) is 37.1 Å². The van der Waals surface area contributed by atoms with Crippen molar-refractivity contribution in [1.29, 1.82) is 0 Å². The first-order valence-corrected chi connectivity index (χ1v) is 10.5. The fourth-order valence-corrected chi connectivity index (χ4v) is 4.12. The third-order valence-electron chi connectivity index (χ3n) is 4.48. The summed E-state index contributed by atoms with van der Waals surface area (Å²) in [6.45, 7) is 1.78. The summed E-state index contributed by atoms with van der Waals surface area (Å²) >= 11 is 0. The second-order valence-electron chi connectivity index (χ2n) is 6.49. The molecule has 0 saturated carbocycles. The molecule has 0 bridgehead atoms. The van der Waals surface area contributed by atoms with Crippen LogP contribution in [-0.4, -0.2) is 36.5 Å². The molecule has 1 aromatic heterocycles. The summed E-state index contributed by atoms with van der Waals surface area (Å²) in [4.78, 5) is 9.30. The van der Waals surface area contributed by atoms with Crippen LogP contribution >= 0.6 is 0 Å². The molecular formula is C19H21N5O2S. The number of hydrazine groups is 1. The lowest BCUT2D eigenvalue weighted by atomic mass is 10.2. The number of hydrogen-bond donors (Lipinski definition) is 2. The molecule has 4 rings (SSSR count). The molecule has 0 radical (unpaired) electrons. The lowest BCUT2D eigenvalue weighted by molar-refractivity contribution is 0.272. The Hall–Kier alpha value is -2.71. The van der Waals surface area contributed by atoms with Crippen molar-refractivity contribution in [2.75, 3.05) is 23.2 Å². The zero-order valence-corrected chi connectivity index (χ0v) is 15.6. The van der Waals surface area contributed by atoms with Gasteiger partial charge in [0.15, 0.2) is 11.6 Å². The summed E-state index contributed by atoms with van der Waals surface area (Å²) in [5.41, 5.74) is 4.59. The van der Waals surface area contributed by atoms with Crippen LogP contribution in [0.3, 0.4) is 0 Å². The molecule has 1 saturated heterocycles. The van der Waals surface area contributed by atoms with Gasteiger partial charge in [-0.2, -0.15) is 0 Å². The third kappa shape index (κ3) is 4.01. The van der Waals surface area contributed by atoms with E-state index in [0.29, 0.717) is 16.9 Å². The zero-order valence-electron chi connectivity index (χ0n) is 14.8. The first-order chi connectivity index (χ1) is 13.1. The predicted molar refractivity (Wildman–Crippen MR) is 106 cm³/mol. The highest BCUT2D eigenvalue weighted by atomic mass is 32.2. The lowest BCUT2D eigenvalue weighted by Crippen LogP contribution is -2.35. The third-order valence-corrected chi connectivity index (χ3v) is 5.83. The molecule has 1 fully saturated rings. The average molecular weight is 383 g/mol. The van der Waals surface area contributed by atoms with Crippen molar-refractivity contribution in [2.45, 2.75) is 24.2 Å². The van der Waals surface area contributed by atoms with Crippen molar-refractivity contribution in [3.8, 4) is 0 Å². The highest BCUT2D eigenvalue weighted by Gasteiger charge is 2.20. The van der Waals surface area contributed by atoms with Gasteiger partial charge in [0.1, 0.15) is 0 Å². The number of aromatic nitrogens is 2. The average Bonchev–Trinajstić information content (AvgIpc) is 2.70. The number of fused-ring (bicyclic) bond motifs is 1. The standard InChI is InChI=1S/C19H21N5O2S/c25-27(26,15-9-3-1-4-10-15)23-19-18(22-24-13-7-2-8-14-24)20-16-11-5-6-12-17(16)21-19/h1,3-6,9-12H,2,7-8,13-14H2,(H,20,22)(H,21,23). The van der Waals surface area contributed by atoms with Gasteiger partial charge < -0.3 is 0 Å². The van der Waals surface area contributed by atoms with Crippen LogP contribution in [-0.2, 0) is 10.0 Å². The second kappa shape index (κ2) is 7.50. The van der Waals surface area contributed by atoms with Crippen molar-refractivity contribution in [3.05, 3.63) is 54.6 Å². The van der Waals surface area contributed by atoms with E-state index in [1.54, 1.807) is 30.3 Å². The normalized spacial score (nSPS) is 15.6. The Balaban J connectivity index is 1.72. The smallest absolute Gasteiger partial charge is 0.263 e. The molecule has 8 heteroatoms. The van der Waals surface area contributed by atoms with Crippen LogP contribution in [0.5, 0.6) is 0 Å². The van der Waals surface area contributed by atoms with Crippen LogP contribution in [0.4, 0.5) is 11.6 Å². The monoisotopic (exact) mass is 383 g/mol. The second-order valence-corrected chi connectivity index (χ2v) is 8.17. The quantitative estimate of drug-likeness (QED) is 0.703. The summed E-state index contributed by atoms with van der Waals surface area (Å²) < 4.78 is 28.1. The summed E-state index contributed by atoms with van der Waals surface area (Å²) in [7, 11) is -3.76. The predicted octanol–water partition coefficient (Wildman–Crippen LogP) is 3.24. The fraction of sp³-hybridized carbons (Fsp3) is 0.263. The Labute approximate surface area is 158 Å². The summed E-state index contributed by atoms with van der Waals surface area (Å²) in [5.74, 6) is 0.609. The van der Waals surface area contributed by atoms with Gasteiger partial charge in [0, 0.05) is 13.1 Å². The fourth-order valence-electron chi connectivity index (χ4n) is 3.09. The van der Waals surface area contributed by atoms with Gasteiger partial charge in [0.2, 0.25) is 0 Å². The van der Waals surface area contributed by atoms with E-state index >= 15 is 0 Å². The van der Waals surface area contributed by atoms with Gasteiger partial charge in [-0.3, -0.25) is 10.1 Å². The Morgan fingerprint density at radius 1 is 0.778 bits per heavy atom. The van der Waals surface area contributed by atoms with E-state index in [1.807, 2.05) is 24.3 Å². The molecule has 2 aromatic carbocycles. The van der Waals surface area contributed by atoms with E-state index in [9.17, 15) is 8.42 Å². The van der Waals surface area contributed by atoms with Gasteiger partial charge in [0.25, 0.3) is 10.0 Å². The molecule has 0 spiro atoms. The van der Waals surface area contributed by atoms with Gasteiger partial charge in [0.05, 0.1) is 15.9 Å². The van der Waals surface area contributed by atoms with Crippen molar-refractivity contribution in [2.24, 2.45) is 0 Å². The number of sulfonamides is 1. The molecule has 2 N–H and O–H groups in total. The molecule has 1 aliphatic rings. The molecule has 140 valence electrons. The maximum atomic E-state index is 12.8. The number of benzene rings is 2. The molecule has 0 amide bonds. The zero-order chi connectivity index (χ0) is 18.7. The molecule has 2 heterocycles. The maximum absolute atomic E-state index is 12.8. The van der Waals surface area contributed by atoms with Crippen LogP contribution in [0.2, 0.25) is 0 Å². The Bertz CT molecular complexity index is 1030. The van der Waals surface area contributed by atoms with Crippen molar-refractivity contribution < 1.29 is 8.42 Å². The van der Waals surface area contributed by atoms with Crippen molar-refractivity contribution in [3.63, 3.8) is 0 Å². The number of rotatable bonds is 5. The first-order valence-electron chi connectivity index (χ1n) is 8.98. The van der Waals surface area contributed by atoms with Gasteiger partial charge >= 0.3 is 0 Å². The van der Waals surface area contributed by atoms with Gasteiger partial charge in [-0.15, -0.1) is 0 Å². The number of nitrogens with one attached hydrogen (secondary N) is 2. The highest BCUT2D eigenvalue weighted by Crippen LogP contribution is 2.25. The highest BCUT2D eigenvalue weighted by molar-refractivity contribution is 7.92. The first kappa shape index (κ1) is 17.7. The van der Waals surface area contributed by atoms with E-state index in [1.165, 1.54) is 6.42 Å². The number of anilines is 2. The lowest BCUT2D eigenvalue weighted by Gasteiger charge is -2.28. The van der Waals surface area contributed by atoms with E-state index in [2.05, 4.69) is 25.1 Å². The Morgan fingerprint density at radius 3 is 2.04 bits per heavy atom. The van der Waals surface area contributed by atoms with Crippen LogP contribution in [0, 0.1) is 0 Å². The molecule has 1 aliphatic heterocycles.